The molecule has 1 aromatic carbocycles. The van der Waals surface area contributed by atoms with E-state index in [1.807, 2.05) is 0 Å². The molecule has 1 fully saturated rings. The lowest BCUT2D eigenvalue weighted by Gasteiger charge is -2.45. The van der Waals surface area contributed by atoms with Crippen LogP contribution in [0.3, 0.4) is 0 Å². The third kappa shape index (κ3) is 3.02. The lowest BCUT2D eigenvalue weighted by atomic mass is 10.0. The van der Waals surface area contributed by atoms with Crippen molar-refractivity contribution in [3.05, 3.63) is 76.6 Å². The summed E-state index contributed by atoms with van der Waals surface area (Å²) in [4.78, 5) is 28.0. The smallest absolute Gasteiger partial charge is 0.353 e. The number of aromatic nitrogens is 1. The summed E-state index contributed by atoms with van der Waals surface area (Å²) in [6, 6.07) is 11.7. The molecule has 2 aromatic rings. The van der Waals surface area contributed by atoms with Crippen LogP contribution in [-0.2, 0) is 29.3 Å². The van der Waals surface area contributed by atoms with Crippen molar-refractivity contribution in [3.63, 3.8) is 0 Å². The SMILES string of the molecule is O=C(O)C1=C(S(=O)(=O)c2ccccc2)CS(=O)(=O)[C@@H]2/C(=C\c3ccccn3)C(=O)N12. The molecule has 0 saturated carbocycles. The minimum atomic E-state index is -4.46. The molecule has 0 bridgehead atoms. The molecule has 3 heterocycles. The number of rotatable bonds is 4. The van der Waals surface area contributed by atoms with Gasteiger partial charge in [-0.15, -0.1) is 0 Å². The van der Waals surface area contributed by atoms with E-state index in [9.17, 15) is 31.5 Å². The lowest BCUT2D eigenvalue weighted by molar-refractivity contribution is -0.141. The highest BCUT2D eigenvalue weighted by molar-refractivity contribution is 7.98. The fraction of sp³-hybridized carbons (Fsp3) is 0.105. The predicted molar refractivity (Wildman–Crippen MR) is 105 cm³/mol. The first kappa shape index (κ1) is 20.0. The van der Waals surface area contributed by atoms with E-state index in [4.69, 9.17) is 0 Å². The predicted octanol–water partition coefficient (Wildman–Crippen LogP) is 0.832. The average Bonchev–Trinajstić information content (AvgIpc) is 2.72. The molecule has 1 aromatic heterocycles. The third-order valence-corrected chi connectivity index (χ3v) is 8.61. The van der Waals surface area contributed by atoms with Crippen LogP contribution < -0.4 is 0 Å². The molecule has 154 valence electrons. The van der Waals surface area contributed by atoms with Crippen LogP contribution in [0.1, 0.15) is 5.69 Å². The number of nitrogens with zero attached hydrogens (tertiary/aromatic N) is 2. The van der Waals surface area contributed by atoms with Gasteiger partial charge in [-0.05, 0) is 30.3 Å². The number of pyridine rings is 1. The van der Waals surface area contributed by atoms with Crippen LogP contribution in [0, 0.1) is 0 Å². The first-order valence-electron chi connectivity index (χ1n) is 8.59. The van der Waals surface area contributed by atoms with E-state index in [2.05, 4.69) is 4.98 Å². The lowest BCUT2D eigenvalue weighted by Crippen LogP contribution is -2.62. The molecule has 30 heavy (non-hydrogen) atoms. The Morgan fingerprint density at radius 1 is 1.13 bits per heavy atom. The monoisotopic (exact) mass is 446 g/mol. The van der Waals surface area contributed by atoms with Crippen LogP contribution in [-0.4, -0.2) is 54.8 Å². The molecule has 1 amide bonds. The van der Waals surface area contributed by atoms with E-state index >= 15 is 0 Å². The molecule has 0 unspecified atom stereocenters. The van der Waals surface area contributed by atoms with Gasteiger partial charge in [-0.25, -0.2) is 21.6 Å². The zero-order valence-electron chi connectivity index (χ0n) is 15.2. The minimum absolute atomic E-state index is 0.163. The van der Waals surface area contributed by atoms with Gasteiger partial charge in [0, 0.05) is 6.20 Å². The van der Waals surface area contributed by atoms with Crippen molar-refractivity contribution < 1.29 is 31.5 Å². The zero-order valence-corrected chi connectivity index (χ0v) is 16.8. The molecule has 2 aliphatic heterocycles. The topological polar surface area (TPSA) is 139 Å². The molecule has 0 aliphatic carbocycles. The number of hydrogen-bond donors (Lipinski definition) is 1. The maximum absolute atomic E-state index is 13.0. The van der Waals surface area contributed by atoms with Gasteiger partial charge in [0.05, 0.1) is 26.8 Å². The molecule has 4 rings (SSSR count). The standard InChI is InChI=1S/C19H14N2O7S2/c22-17-14(10-12-6-4-5-9-20-12)18-21(17)16(19(23)24)15(11-29(18,25)26)30(27,28)13-7-2-1-3-8-13/h1-10,18H,11H2,(H,23,24)/b14-10-/t18-/m1/s1. The maximum Gasteiger partial charge on any atom is 0.353 e. The highest BCUT2D eigenvalue weighted by atomic mass is 32.2. The first-order valence-corrected chi connectivity index (χ1v) is 11.8. The highest BCUT2D eigenvalue weighted by Gasteiger charge is 2.58. The van der Waals surface area contributed by atoms with Crippen molar-refractivity contribution in [2.24, 2.45) is 0 Å². The number of hydrogen-bond acceptors (Lipinski definition) is 7. The number of fused-ring (bicyclic) bond motifs is 1. The van der Waals surface area contributed by atoms with Crippen LogP contribution in [0.25, 0.3) is 6.08 Å². The van der Waals surface area contributed by atoms with Gasteiger partial charge in [-0.2, -0.15) is 0 Å². The summed E-state index contributed by atoms with van der Waals surface area (Å²) in [7, 11) is -8.68. The fourth-order valence-electron chi connectivity index (χ4n) is 3.38. The number of carbonyl (C=O) groups excluding carboxylic acids is 1. The Kier molecular flexibility index (Phi) is 4.59. The Hall–Kier alpha value is -3.31. The molecule has 11 heteroatoms. The number of amides is 1. The molecule has 0 spiro atoms. The second kappa shape index (κ2) is 6.89. The molecule has 1 atom stereocenters. The number of β-lactam (4-membered cyclic amide) rings is 1. The normalized spacial score (nSPS) is 21.9. The van der Waals surface area contributed by atoms with Crippen molar-refractivity contribution in [2.45, 2.75) is 10.3 Å². The van der Waals surface area contributed by atoms with Gasteiger partial charge < -0.3 is 5.11 Å². The number of carbonyl (C=O) groups is 2. The summed E-state index contributed by atoms with van der Waals surface area (Å²) >= 11 is 0. The number of carboxylic acid groups (broad SMARTS) is 1. The van der Waals surface area contributed by atoms with Crippen molar-refractivity contribution in [2.75, 3.05) is 5.75 Å². The van der Waals surface area contributed by atoms with Crippen molar-refractivity contribution in [3.8, 4) is 0 Å². The molecule has 0 radical (unpaired) electrons. The average molecular weight is 446 g/mol. The van der Waals surface area contributed by atoms with Gasteiger partial charge in [0.1, 0.15) is 5.70 Å². The number of benzene rings is 1. The third-order valence-electron chi connectivity index (χ3n) is 4.72. The molecule has 1 N–H and O–H groups in total. The van der Waals surface area contributed by atoms with E-state index < -0.39 is 53.3 Å². The van der Waals surface area contributed by atoms with Crippen LogP contribution >= 0.6 is 0 Å². The molecule has 1 saturated heterocycles. The summed E-state index contributed by atoms with van der Waals surface area (Å²) in [5, 5.41) is 8.09. The summed E-state index contributed by atoms with van der Waals surface area (Å²) in [6.07, 6.45) is 2.72. The Bertz CT molecular complexity index is 1330. The maximum atomic E-state index is 13.0. The molecular weight excluding hydrogens is 432 g/mol. The fourth-order valence-corrected chi connectivity index (χ4v) is 7.48. The number of sulfone groups is 2. The molecule has 9 nitrogen and oxygen atoms in total. The first-order chi connectivity index (χ1) is 14.1. The van der Waals surface area contributed by atoms with Gasteiger partial charge in [0.25, 0.3) is 5.91 Å². The van der Waals surface area contributed by atoms with Gasteiger partial charge in [0.15, 0.2) is 15.2 Å². The zero-order chi connectivity index (χ0) is 21.7. The Labute approximate surface area is 171 Å². The highest BCUT2D eigenvalue weighted by Crippen LogP contribution is 2.43. The summed E-state index contributed by atoms with van der Waals surface area (Å²) in [5.74, 6) is -3.62. The van der Waals surface area contributed by atoms with Gasteiger partial charge in [0.2, 0.25) is 9.84 Å². The van der Waals surface area contributed by atoms with E-state index in [0.717, 1.165) is 0 Å². The van der Waals surface area contributed by atoms with Crippen LogP contribution in [0.4, 0.5) is 0 Å². The van der Waals surface area contributed by atoms with Crippen molar-refractivity contribution in [1.29, 1.82) is 0 Å². The number of aliphatic carboxylic acids is 1. The van der Waals surface area contributed by atoms with E-state index in [1.165, 1.54) is 36.5 Å². The van der Waals surface area contributed by atoms with Crippen LogP contribution in [0.5, 0.6) is 0 Å². The van der Waals surface area contributed by atoms with Gasteiger partial charge in [-0.1, -0.05) is 24.3 Å². The largest absolute Gasteiger partial charge is 0.477 e. The van der Waals surface area contributed by atoms with Gasteiger partial charge >= 0.3 is 5.97 Å². The van der Waals surface area contributed by atoms with E-state index in [1.54, 1.807) is 24.3 Å². The summed E-state index contributed by atoms with van der Waals surface area (Å²) in [6.45, 7) is 0. The van der Waals surface area contributed by atoms with Crippen molar-refractivity contribution >= 4 is 37.6 Å². The van der Waals surface area contributed by atoms with Crippen LogP contribution in [0.15, 0.2) is 75.8 Å². The Morgan fingerprint density at radius 3 is 2.40 bits per heavy atom. The molecular formula is C19H14N2O7S2. The number of carboxylic acids is 1. The summed E-state index contributed by atoms with van der Waals surface area (Å²) in [5.41, 5.74) is -0.690. The summed E-state index contributed by atoms with van der Waals surface area (Å²) < 4.78 is 51.8. The Morgan fingerprint density at radius 2 is 1.80 bits per heavy atom. The molecule has 2 aliphatic rings. The van der Waals surface area contributed by atoms with E-state index in [-0.39, 0.29) is 10.5 Å². The van der Waals surface area contributed by atoms with Gasteiger partial charge in [-0.3, -0.25) is 14.7 Å². The quantitative estimate of drug-likeness (QED) is 0.538. The van der Waals surface area contributed by atoms with Crippen molar-refractivity contribution in [1.82, 2.24) is 9.88 Å². The second-order valence-corrected chi connectivity index (χ2v) is 10.6. The Balaban J connectivity index is 1.89. The van der Waals surface area contributed by atoms with Crippen LogP contribution in [0.2, 0.25) is 0 Å². The van der Waals surface area contributed by atoms with E-state index in [0.29, 0.717) is 10.6 Å². The second-order valence-electron chi connectivity index (χ2n) is 6.58. The minimum Gasteiger partial charge on any atom is -0.477 e.